The van der Waals surface area contributed by atoms with Gasteiger partial charge in [0.05, 0.1) is 5.92 Å². The summed E-state index contributed by atoms with van der Waals surface area (Å²) in [5, 5.41) is 5.54. The maximum absolute atomic E-state index is 13.5. The molecule has 3 amide bonds. The van der Waals surface area contributed by atoms with Crippen molar-refractivity contribution in [3.63, 3.8) is 0 Å². The third-order valence-corrected chi connectivity index (χ3v) is 5.57. The zero-order chi connectivity index (χ0) is 20.4. The van der Waals surface area contributed by atoms with Gasteiger partial charge in [-0.2, -0.15) is 0 Å². The minimum atomic E-state index is -0.617. The van der Waals surface area contributed by atoms with Crippen LogP contribution in [0.3, 0.4) is 0 Å². The predicted molar refractivity (Wildman–Crippen MR) is 107 cm³/mol. The Morgan fingerprint density at radius 2 is 1.79 bits per heavy atom. The second-order valence-electron chi connectivity index (χ2n) is 7.49. The number of piperidine rings is 1. The molecule has 6 nitrogen and oxygen atoms in total. The van der Waals surface area contributed by atoms with Crippen molar-refractivity contribution < 1.29 is 18.8 Å². The van der Waals surface area contributed by atoms with Crippen molar-refractivity contribution in [2.45, 2.75) is 25.2 Å². The molecule has 0 unspecified atom stereocenters. The third kappa shape index (κ3) is 4.13. The number of likely N-dealkylation sites (tertiary alicyclic amines) is 1. The lowest BCUT2D eigenvalue weighted by Crippen LogP contribution is -2.44. The SMILES string of the molecule is O=C1C[C@@H](C(=O)N2CCC(C(=O)Nc3ccccc3)CC2)c2ccc(F)cc2N1. The number of benzene rings is 2. The molecule has 0 radical (unpaired) electrons. The van der Waals surface area contributed by atoms with Crippen molar-refractivity contribution in [2.24, 2.45) is 5.92 Å². The van der Waals surface area contributed by atoms with E-state index in [9.17, 15) is 18.8 Å². The first-order valence-corrected chi connectivity index (χ1v) is 9.75. The number of carbonyl (C=O) groups is 3. The van der Waals surface area contributed by atoms with Crippen LogP contribution in [0.4, 0.5) is 15.8 Å². The van der Waals surface area contributed by atoms with Crippen molar-refractivity contribution in [1.29, 1.82) is 0 Å². The van der Waals surface area contributed by atoms with Gasteiger partial charge in [0, 0.05) is 36.8 Å². The number of amides is 3. The van der Waals surface area contributed by atoms with Gasteiger partial charge in [-0.25, -0.2) is 4.39 Å². The zero-order valence-corrected chi connectivity index (χ0v) is 15.9. The normalized spacial score (nSPS) is 19.3. The molecule has 1 saturated heterocycles. The highest BCUT2D eigenvalue weighted by Crippen LogP contribution is 2.35. The van der Waals surface area contributed by atoms with Gasteiger partial charge in [-0.05, 0) is 42.7 Å². The van der Waals surface area contributed by atoms with Crippen LogP contribution < -0.4 is 10.6 Å². The van der Waals surface area contributed by atoms with Gasteiger partial charge in [-0.1, -0.05) is 24.3 Å². The van der Waals surface area contributed by atoms with E-state index < -0.39 is 11.7 Å². The molecular weight excluding hydrogens is 373 g/mol. The molecule has 150 valence electrons. The maximum Gasteiger partial charge on any atom is 0.230 e. The van der Waals surface area contributed by atoms with Crippen molar-refractivity contribution in [2.75, 3.05) is 23.7 Å². The van der Waals surface area contributed by atoms with Gasteiger partial charge in [-0.3, -0.25) is 14.4 Å². The summed E-state index contributed by atoms with van der Waals surface area (Å²) in [6.45, 7) is 0.917. The second-order valence-corrected chi connectivity index (χ2v) is 7.49. The van der Waals surface area contributed by atoms with Crippen LogP contribution in [0.5, 0.6) is 0 Å². The molecule has 0 saturated carbocycles. The van der Waals surface area contributed by atoms with E-state index in [1.807, 2.05) is 30.3 Å². The van der Waals surface area contributed by atoms with E-state index in [2.05, 4.69) is 10.6 Å². The first-order chi connectivity index (χ1) is 14.0. The Kier molecular flexibility index (Phi) is 5.29. The lowest BCUT2D eigenvalue weighted by atomic mass is 9.88. The molecule has 2 aromatic carbocycles. The van der Waals surface area contributed by atoms with E-state index in [0.717, 1.165) is 5.69 Å². The molecule has 2 aliphatic rings. The fourth-order valence-corrected chi connectivity index (χ4v) is 4.01. The van der Waals surface area contributed by atoms with Gasteiger partial charge in [0.2, 0.25) is 17.7 Å². The van der Waals surface area contributed by atoms with Gasteiger partial charge in [0.25, 0.3) is 0 Å². The smallest absolute Gasteiger partial charge is 0.230 e. The summed E-state index contributed by atoms with van der Waals surface area (Å²) >= 11 is 0. The number of hydrogen-bond acceptors (Lipinski definition) is 3. The molecule has 0 aromatic heterocycles. The number of para-hydroxylation sites is 1. The maximum atomic E-state index is 13.5. The van der Waals surface area contributed by atoms with Gasteiger partial charge in [0.1, 0.15) is 5.82 Å². The van der Waals surface area contributed by atoms with Crippen LogP contribution in [0.25, 0.3) is 0 Å². The highest BCUT2D eigenvalue weighted by molar-refractivity contribution is 6.01. The van der Waals surface area contributed by atoms with Crippen LogP contribution in [0.1, 0.15) is 30.7 Å². The molecule has 1 fully saturated rings. The van der Waals surface area contributed by atoms with Gasteiger partial charge in [0.15, 0.2) is 0 Å². The number of hydrogen-bond donors (Lipinski definition) is 2. The Bertz CT molecular complexity index is 940. The molecule has 4 rings (SSSR count). The Morgan fingerprint density at radius 1 is 1.07 bits per heavy atom. The van der Waals surface area contributed by atoms with Crippen molar-refractivity contribution in [3.8, 4) is 0 Å². The summed E-state index contributed by atoms with van der Waals surface area (Å²) in [5.74, 6) is -1.71. The zero-order valence-electron chi connectivity index (χ0n) is 15.9. The first-order valence-electron chi connectivity index (χ1n) is 9.75. The molecule has 1 atom stereocenters. The highest BCUT2D eigenvalue weighted by atomic mass is 19.1. The number of fused-ring (bicyclic) bond motifs is 1. The van der Waals surface area contributed by atoms with Crippen molar-refractivity contribution in [1.82, 2.24) is 4.90 Å². The lowest BCUT2D eigenvalue weighted by Gasteiger charge is -2.35. The Hall–Kier alpha value is -3.22. The predicted octanol–water partition coefficient (Wildman–Crippen LogP) is 3.13. The average Bonchev–Trinajstić information content (AvgIpc) is 2.73. The van der Waals surface area contributed by atoms with Gasteiger partial charge in [-0.15, -0.1) is 0 Å². The van der Waals surface area contributed by atoms with Gasteiger partial charge < -0.3 is 15.5 Å². The van der Waals surface area contributed by atoms with E-state index in [-0.39, 0.29) is 30.1 Å². The second kappa shape index (κ2) is 8.03. The summed E-state index contributed by atoms with van der Waals surface area (Å²) in [5.41, 5.74) is 1.75. The fourth-order valence-electron chi connectivity index (χ4n) is 4.01. The molecule has 0 aliphatic carbocycles. The van der Waals surface area contributed by atoms with E-state index in [1.165, 1.54) is 12.1 Å². The minimum absolute atomic E-state index is 0.0406. The standard InChI is InChI=1S/C22H22FN3O3/c23-15-6-7-17-18(13-20(27)25-19(17)12-15)22(29)26-10-8-14(9-11-26)21(28)24-16-4-2-1-3-5-16/h1-7,12,14,18H,8-11,13H2,(H,24,28)(H,25,27)/t18-/m1/s1. The summed E-state index contributed by atoms with van der Waals surface area (Å²) in [4.78, 5) is 39.3. The van der Waals surface area contributed by atoms with Crippen LogP contribution in [-0.4, -0.2) is 35.7 Å². The van der Waals surface area contributed by atoms with Crippen LogP contribution in [0, 0.1) is 11.7 Å². The fraction of sp³-hybridized carbons (Fsp3) is 0.318. The van der Waals surface area contributed by atoms with Crippen LogP contribution >= 0.6 is 0 Å². The molecule has 0 bridgehead atoms. The molecule has 7 heteroatoms. The van der Waals surface area contributed by atoms with Crippen LogP contribution in [0.15, 0.2) is 48.5 Å². The van der Waals surface area contributed by atoms with Crippen LogP contribution in [0.2, 0.25) is 0 Å². The van der Waals surface area contributed by atoms with E-state index >= 15 is 0 Å². The molecule has 0 spiro atoms. The monoisotopic (exact) mass is 395 g/mol. The molecule has 2 heterocycles. The molecule has 2 N–H and O–H groups in total. The number of rotatable bonds is 3. The average molecular weight is 395 g/mol. The van der Waals surface area contributed by atoms with Gasteiger partial charge >= 0.3 is 0 Å². The van der Waals surface area contributed by atoms with Crippen molar-refractivity contribution >= 4 is 29.1 Å². The number of nitrogens with zero attached hydrogens (tertiary/aromatic N) is 1. The minimum Gasteiger partial charge on any atom is -0.342 e. The summed E-state index contributed by atoms with van der Waals surface area (Å²) in [7, 11) is 0. The topological polar surface area (TPSA) is 78.5 Å². The Labute approximate surface area is 168 Å². The van der Waals surface area contributed by atoms with E-state index in [0.29, 0.717) is 37.2 Å². The van der Waals surface area contributed by atoms with E-state index in [4.69, 9.17) is 0 Å². The Morgan fingerprint density at radius 3 is 2.52 bits per heavy atom. The first kappa shape index (κ1) is 19.1. The number of anilines is 2. The third-order valence-electron chi connectivity index (χ3n) is 5.57. The Balaban J connectivity index is 1.39. The van der Waals surface area contributed by atoms with E-state index in [1.54, 1.807) is 11.0 Å². The highest BCUT2D eigenvalue weighted by Gasteiger charge is 2.36. The lowest BCUT2D eigenvalue weighted by molar-refractivity contribution is -0.137. The number of halogens is 1. The summed E-state index contributed by atoms with van der Waals surface area (Å²) in [6.07, 6.45) is 1.19. The molecule has 29 heavy (non-hydrogen) atoms. The van der Waals surface area contributed by atoms with Crippen molar-refractivity contribution in [3.05, 3.63) is 59.9 Å². The quantitative estimate of drug-likeness (QED) is 0.838. The molecule has 2 aliphatic heterocycles. The summed E-state index contributed by atoms with van der Waals surface area (Å²) < 4.78 is 13.5. The molecule has 2 aromatic rings. The molecular formula is C22H22FN3O3. The largest absolute Gasteiger partial charge is 0.342 e. The summed E-state index contributed by atoms with van der Waals surface area (Å²) in [6, 6.07) is 13.4. The number of nitrogens with one attached hydrogen (secondary N) is 2. The van der Waals surface area contributed by atoms with Crippen LogP contribution in [-0.2, 0) is 14.4 Å². The number of carbonyl (C=O) groups excluding carboxylic acids is 3.